The Morgan fingerprint density at radius 3 is 2.67 bits per heavy atom. The van der Waals surface area contributed by atoms with Crippen LogP contribution in [-0.4, -0.2) is 20.9 Å². The predicted octanol–water partition coefficient (Wildman–Crippen LogP) is 1.57. The Kier molecular flexibility index (Phi) is 2.89. The molecule has 6 heteroatoms. The first-order valence-electron chi connectivity index (χ1n) is 3.19. The van der Waals surface area contributed by atoms with Crippen LogP contribution in [0, 0.1) is 10.1 Å². The second-order valence-corrected chi connectivity index (χ2v) is 4.54. The Balaban J connectivity index is 2.73. The molecule has 0 spiro atoms. The molecule has 1 aliphatic rings. The van der Waals surface area contributed by atoms with Gasteiger partial charge in [0.2, 0.25) is 0 Å². The predicted molar refractivity (Wildman–Crippen MR) is 49.9 cm³/mol. The van der Waals surface area contributed by atoms with Crippen molar-refractivity contribution >= 4 is 33.5 Å². The number of ketones is 1. The molecule has 0 aromatic heterocycles. The molecule has 0 aromatic carbocycles. The SMILES string of the molecule is CC(=O)C1=C[C@@H](Br)[C@H]([N+](=O)[O-])S1. The van der Waals surface area contributed by atoms with Crippen LogP contribution in [0.5, 0.6) is 0 Å². The lowest BCUT2D eigenvalue weighted by molar-refractivity contribution is -0.492. The number of hydrogen-bond acceptors (Lipinski definition) is 4. The van der Waals surface area contributed by atoms with Gasteiger partial charge >= 0.3 is 0 Å². The summed E-state index contributed by atoms with van der Waals surface area (Å²) in [6, 6.07) is 0. The Morgan fingerprint density at radius 1 is 1.83 bits per heavy atom. The van der Waals surface area contributed by atoms with E-state index in [9.17, 15) is 14.9 Å². The first kappa shape index (κ1) is 9.73. The van der Waals surface area contributed by atoms with E-state index >= 15 is 0 Å². The van der Waals surface area contributed by atoms with Crippen molar-refractivity contribution in [2.45, 2.75) is 17.1 Å². The van der Waals surface area contributed by atoms with E-state index in [0.717, 1.165) is 11.8 Å². The molecule has 0 radical (unpaired) electrons. The van der Waals surface area contributed by atoms with Crippen molar-refractivity contribution in [2.24, 2.45) is 0 Å². The highest BCUT2D eigenvalue weighted by Gasteiger charge is 2.37. The molecule has 4 nitrogen and oxygen atoms in total. The third-order valence-corrected chi connectivity index (χ3v) is 3.88. The Hall–Kier alpha value is -0.360. The smallest absolute Gasteiger partial charge is 0.278 e. The summed E-state index contributed by atoms with van der Waals surface area (Å²) >= 11 is 4.12. The number of allylic oxidation sites excluding steroid dienone is 1. The number of alkyl halides is 1. The normalized spacial score (nSPS) is 28.3. The van der Waals surface area contributed by atoms with Crippen LogP contribution in [0.15, 0.2) is 11.0 Å². The van der Waals surface area contributed by atoms with Gasteiger partial charge in [-0.25, -0.2) is 0 Å². The van der Waals surface area contributed by atoms with Gasteiger partial charge in [-0.2, -0.15) is 0 Å². The van der Waals surface area contributed by atoms with E-state index in [2.05, 4.69) is 15.9 Å². The molecule has 0 saturated heterocycles. The average molecular weight is 252 g/mol. The van der Waals surface area contributed by atoms with Crippen molar-refractivity contribution in [3.63, 3.8) is 0 Å². The maximum atomic E-state index is 10.8. The highest BCUT2D eigenvalue weighted by atomic mass is 79.9. The van der Waals surface area contributed by atoms with Gasteiger partial charge in [0.25, 0.3) is 5.37 Å². The highest BCUT2D eigenvalue weighted by molar-refractivity contribution is 9.09. The van der Waals surface area contributed by atoms with Gasteiger partial charge in [-0.1, -0.05) is 15.9 Å². The van der Waals surface area contributed by atoms with E-state index < -0.39 is 10.3 Å². The molecule has 0 saturated carbocycles. The quantitative estimate of drug-likeness (QED) is 0.425. The number of rotatable bonds is 2. The summed E-state index contributed by atoms with van der Waals surface area (Å²) in [5.74, 6) is -0.117. The maximum absolute atomic E-state index is 10.8. The molecule has 1 heterocycles. The second-order valence-electron chi connectivity index (χ2n) is 2.33. The molecule has 0 N–H and O–H groups in total. The fourth-order valence-corrected chi connectivity index (χ4v) is 2.72. The zero-order valence-electron chi connectivity index (χ0n) is 6.19. The fourth-order valence-electron chi connectivity index (χ4n) is 0.821. The number of halogens is 1. The third kappa shape index (κ3) is 1.87. The fraction of sp³-hybridized carbons (Fsp3) is 0.500. The molecule has 2 atom stereocenters. The molecular formula is C6H6BrNO3S. The number of carbonyl (C=O) groups is 1. The van der Waals surface area contributed by atoms with Crippen molar-refractivity contribution in [3.8, 4) is 0 Å². The molecule has 0 unspecified atom stereocenters. The van der Waals surface area contributed by atoms with Crippen LogP contribution >= 0.6 is 27.7 Å². The van der Waals surface area contributed by atoms with Gasteiger partial charge in [-0.15, -0.1) is 0 Å². The number of nitro groups is 1. The van der Waals surface area contributed by atoms with Crippen molar-refractivity contribution in [1.29, 1.82) is 0 Å². The Labute approximate surface area is 81.7 Å². The molecule has 0 fully saturated rings. The van der Waals surface area contributed by atoms with Gasteiger partial charge in [0, 0.05) is 4.92 Å². The lowest BCUT2D eigenvalue weighted by atomic mass is 10.3. The van der Waals surface area contributed by atoms with Crippen molar-refractivity contribution in [2.75, 3.05) is 0 Å². The van der Waals surface area contributed by atoms with Gasteiger partial charge in [-0.05, 0) is 24.8 Å². The second kappa shape index (κ2) is 3.57. The first-order chi connectivity index (χ1) is 5.52. The lowest BCUT2D eigenvalue weighted by Gasteiger charge is -2.02. The molecule has 1 aliphatic heterocycles. The van der Waals surface area contributed by atoms with Crippen molar-refractivity contribution < 1.29 is 9.72 Å². The lowest BCUT2D eigenvalue weighted by Crippen LogP contribution is -2.20. The minimum Gasteiger partial charge on any atom is -0.294 e. The number of carbonyl (C=O) groups excluding carboxylic acids is 1. The molecule has 66 valence electrons. The van der Waals surface area contributed by atoms with Crippen LogP contribution in [0.25, 0.3) is 0 Å². The average Bonchev–Trinajstić information content (AvgIpc) is 2.30. The summed E-state index contributed by atoms with van der Waals surface area (Å²) in [6.45, 7) is 1.40. The zero-order valence-corrected chi connectivity index (χ0v) is 8.59. The van der Waals surface area contributed by atoms with Crippen LogP contribution in [0.4, 0.5) is 0 Å². The van der Waals surface area contributed by atoms with Crippen LogP contribution in [0.1, 0.15) is 6.92 Å². The summed E-state index contributed by atoms with van der Waals surface area (Å²) < 4.78 is 0. The van der Waals surface area contributed by atoms with E-state index in [0.29, 0.717) is 4.91 Å². The first-order valence-corrected chi connectivity index (χ1v) is 4.99. The number of thioether (sulfide) groups is 1. The molecule has 0 aromatic rings. The Morgan fingerprint density at radius 2 is 2.42 bits per heavy atom. The monoisotopic (exact) mass is 251 g/mol. The molecule has 0 amide bonds. The number of Topliss-reactive ketones (excluding diaryl/α,β-unsaturated/α-hetero) is 1. The number of nitrogens with zero attached hydrogens (tertiary/aromatic N) is 1. The van der Waals surface area contributed by atoms with E-state index in [1.165, 1.54) is 6.92 Å². The highest BCUT2D eigenvalue weighted by Crippen LogP contribution is 2.36. The molecular weight excluding hydrogens is 246 g/mol. The van der Waals surface area contributed by atoms with Crippen LogP contribution in [0.2, 0.25) is 0 Å². The van der Waals surface area contributed by atoms with Crippen molar-refractivity contribution in [3.05, 3.63) is 21.1 Å². The van der Waals surface area contributed by atoms with Gasteiger partial charge in [0.05, 0.1) is 4.91 Å². The maximum Gasteiger partial charge on any atom is 0.278 e. The van der Waals surface area contributed by atoms with Crippen LogP contribution in [-0.2, 0) is 4.79 Å². The largest absolute Gasteiger partial charge is 0.294 e. The van der Waals surface area contributed by atoms with Gasteiger partial charge in [-0.3, -0.25) is 14.9 Å². The minimum atomic E-state index is -0.760. The molecule has 0 bridgehead atoms. The van der Waals surface area contributed by atoms with Crippen molar-refractivity contribution in [1.82, 2.24) is 0 Å². The third-order valence-electron chi connectivity index (χ3n) is 1.39. The molecule has 12 heavy (non-hydrogen) atoms. The van der Waals surface area contributed by atoms with Gasteiger partial charge in [0.15, 0.2) is 5.78 Å². The van der Waals surface area contributed by atoms with E-state index in [4.69, 9.17) is 0 Å². The minimum absolute atomic E-state index is 0.117. The van der Waals surface area contributed by atoms with Gasteiger partial charge in [0.1, 0.15) is 4.83 Å². The van der Waals surface area contributed by atoms with Gasteiger partial charge < -0.3 is 0 Å². The number of hydrogen-bond donors (Lipinski definition) is 0. The zero-order chi connectivity index (χ0) is 9.30. The van der Waals surface area contributed by atoms with E-state index in [1.807, 2.05) is 0 Å². The summed E-state index contributed by atoms with van der Waals surface area (Å²) in [6.07, 6.45) is 1.58. The standard InChI is InChI=1S/C6H6BrNO3S/c1-3(9)5-2-4(7)6(12-5)8(10)11/h2,4,6H,1H3/t4-,6-/m1/s1. The van der Waals surface area contributed by atoms with Crippen LogP contribution in [0.3, 0.4) is 0 Å². The van der Waals surface area contributed by atoms with E-state index in [1.54, 1.807) is 6.08 Å². The van der Waals surface area contributed by atoms with Crippen LogP contribution < -0.4 is 0 Å². The van der Waals surface area contributed by atoms with E-state index in [-0.39, 0.29) is 10.6 Å². The summed E-state index contributed by atoms with van der Waals surface area (Å²) in [4.78, 5) is 21.0. The summed E-state index contributed by atoms with van der Waals surface area (Å²) in [5.41, 5.74) is 0. The summed E-state index contributed by atoms with van der Waals surface area (Å²) in [7, 11) is 0. The molecule has 0 aliphatic carbocycles. The summed E-state index contributed by atoms with van der Waals surface area (Å²) in [5, 5.41) is 9.63. The topological polar surface area (TPSA) is 60.2 Å². The molecule has 1 rings (SSSR count). The Bertz CT molecular complexity index is 266.